The van der Waals surface area contributed by atoms with Crippen LogP contribution in [0.5, 0.6) is 0 Å². The van der Waals surface area contributed by atoms with Crippen molar-refractivity contribution in [2.75, 3.05) is 0 Å². The second-order valence-electron chi connectivity index (χ2n) is 4.19. The second kappa shape index (κ2) is 4.98. The van der Waals surface area contributed by atoms with Gasteiger partial charge in [-0.2, -0.15) is 0 Å². The van der Waals surface area contributed by atoms with Crippen molar-refractivity contribution in [2.24, 2.45) is 5.73 Å². The molecule has 0 amide bonds. The summed E-state index contributed by atoms with van der Waals surface area (Å²) in [6.07, 6.45) is 0. The number of nitro benzene ring substituents is 1. The first-order chi connectivity index (χ1) is 8.59. The Morgan fingerprint density at radius 1 is 1.17 bits per heavy atom. The number of nitrogens with two attached hydrogens (primary N) is 1. The Labute approximate surface area is 105 Å². The maximum atomic E-state index is 11.1. The Kier molecular flexibility index (Phi) is 3.39. The Balaban J connectivity index is 2.58. The van der Waals surface area contributed by atoms with Crippen LogP contribution in [0.2, 0.25) is 0 Å². The van der Waals surface area contributed by atoms with Gasteiger partial charge in [-0.15, -0.1) is 0 Å². The molecule has 2 N–H and O–H groups in total. The molecule has 4 heteroatoms. The van der Waals surface area contributed by atoms with Gasteiger partial charge in [-0.25, -0.2) is 0 Å². The van der Waals surface area contributed by atoms with Gasteiger partial charge in [0.25, 0.3) is 5.69 Å². The van der Waals surface area contributed by atoms with Gasteiger partial charge < -0.3 is 5.73 Å². The van der Waals surface area contributed by atoms with Gasteiger partial charge in [-0.05, 0) is 24.1 Å². The molecule has 1 unspecified atom stereocenters. The fraction of sp³-hybridized carbons (Fsp3) is 0.143. The Bertz CT molecular complexity index is 565. The average molecular weight is 242 g/mol. The predicted octanol–water partition coefficient (Wildman–Crippen LogP) is 3.28. The molecule has 0 saturated heterocycles. The standard InChI is InChI=1S/C14H14N2O2/c1-10(15)12-7-8-13(14(9-12)16(17)18)11-5-3-2-4-6-11/h2-10H,15H2,1H3. The van der Waals surface area contributed by atoms with E-state index in [9.17, 15) is 10.1 Å². The molecule has 18 heavy (non-hydrogen) atoms. The third-order valence-corrected chi connectivity index (χ3v) is 2.83. The highest BCUT2D eigenvalue weighted by molar-refractivity contribution is 5.74. The third kappa shape index (κ3) is 2.38. The monoisotopic (exact) mass is 242 g/mol. The van der Waals surface area contributed by atoms with Crippen LogP contribution in [-0.2, 0) is 0 Å². The van der Waals surface area contributed by atoms with Crippen molar-refractivity contribution < 1.29 is 4.92 Å². The molecule has 0 radical (unpaired) electrons. The van der Waals surface area contributed by atoms with Crippen LogP contribution in [0.1, 0.15) is 18.5 Å². The van der Waals surface area contributed by atoms with Crippen LogP contribution in [0.3, 0.4) is 0 Å². The Morgan fingerprint density at radius 2 is 1.83 bits per heavy atom. The quantitative estimate of drug-likeness (QED) is 0.663. The summed E-state index contributed by atoms with van der Waals surface area (Å²) in [5.74, 6) is 0. The lowest BCUT2D eigenvalue weighted by Crippen LogP contribution is -2.05. The third-order valence-electron chi connectivity index (χ3n) is 2.83. The summed E-state index contributed by atoms with van der Waals surface area (Å²) in [5.41, 5.74) is 8.06. The first-order valence-electron chi connectivity index (χ1n) is 5.69. The molecular formula is C14H14N2O2. The van der Waals surface area contributed by atoms with E-state index in [1.54, 1.807) is 19.1 Å². The minimum atomic E-state index is -0.367. The van der Waals surface area contributed by atoms with Gasteiger partial charge in [0.1, 0.15) is 0 Å². The first-order valence-corrected chi connectivity index (χ1v) is 5.69. The van der Waals surface area contributed by atoms with Gasteiger partial charge >= 0.3 is 0 Å². The van der Waals surface area contributed by atoms with Crippen molar-refractivity contribution in [2.45, 2.75) is 13.0 Å². The lowest BCUT2D eigenvalue weighted by Gasteiger charge is -2.08. The predicted molar refractivity (Wildman–Crippen MR) is 71.1 cm³/mol. The van der Waals surface area contributed by atoms with Gasteiger partial charge in [-0.1, -0.05) is 36.4 Å². The van der Waals surface area contributed by atoms with E-state index in [0.29, 0.717) is 5.56 Å². The molecule has 0 aliphatic carbocycles. The number of nitro groups is 1. The van der Waals surface area contributed by atoms with Gasteiger partial charge in [0.05, 0.1) is 10.5 Å². The fourth-order valence-electron chi connectivity index (χ4n) is 1.84. The number of rotatable bonds is 3. The van der Waals surface area contributed by atoms with Crippen molar-refractivity contribution in [1.82, 2.24) is 0 Å². The van der Waals surface area contributed by atoms with Gasteiger partial charge in [0.2, 0.25) is 0 Å². The van der Waals surface area contributed by atoms with E-state index in [-0.39, 0.29) is 16.7 Å². The van der Waals surface area contributed by atoms with Crippen molar-refractivity contribution in [3.05, 3.63) is 64.2 Å². The highest BCUT2D eigenvalue weighted by atomic mass is 16.6. The number of hydrogen-bond acceptors (Lipinski definition) is 3. The molecule has 2 rings (SSSR count). The zero-order valence-corrected chi connectivity index (χ0v) is 10.0. The molecule has 0 aliphatic rings. The van der Waals surface area contributed by atoms with E-state index in [1.165, 1.54) is 0 Å². The maximum absolute atomic E-state index is 11.1. The molecular weight excluding hydrogens is 228 g/mol. The lowest BCUT2D eigenvalue weighted by atomic mass is 9.99. The van der Waals surface area contributed by atoms with Crippen molar-refractivity contribution in [3.63, 3.8) is 0 Å². The molecule has 0 bridgehead atoms. The number of benzene rings is 2. The lowest BCUT2D eigenvalue weighted by molar-refractivity contribution is -0.384. The Morgan fingerprint density at radius 3 is 2.39 bits per heavy atom. The van der Waals surface area contributed by atoms with Crippen LogP contribution in [-0.4, -0.2) is 4.92 Å². The smallest absolute Gasteiger partial charge is 0.277 e. The topological polar surface area (TPSA) is 69.2 Å². The van der Waals surface area contributed by atoms with Gasteiger partial charge in [0, 0.05) is 12.1 Å². The van der Waals surface area contributed by atoms with E-state index >= 15 is 0 Å². The largest absolute Gasteiger partial charge is 0.324 e. The summed E-state index contributed by atoms with van der Waals surface area (Å²) in [7, 11) is 0. The Hall–Kier alpha value is -2.20. The molecule has 0 heterocycles. The molecule has 92 valence electrons. The van der Waals surface area contributed by atoms with E-state index in [4.69, 9.17) is 5.73 Å². The minimum absolute atomic E-state index is 0.0935. The minimum Gasteiger partial charge on any atom is -0.324 e. The molecule has 4 nitrogen and oxygen atoms in total. The van der Waals surface area contributed by atoms with Crippen molar-refractivity contribution >= 4 is 5.69 Å². The second-order valence-corrected chi connectivity index (χ2v) is 4.19. The molecule has 0 fully saturated rings. The van der Waals surface area contributed by atoms with Crippen LogP contribution < -0.4 is 5.73 Å². The van der Waals surface area contributed by atoms with Gasteiger partial charge in [0.15, 0.2) is 0 Å². The zero-order chi connectivity index (χ0) is 13.1. The molecule has 1 atom stereocenters. The molecule has 2 aromatic rings. The van der Waals surface area contributed by atoms with Gasteiger partial charge in [-0.3, -0.25) is 10.1 Å². The molecule has 0 spiro atoms. The number of nitrogens with zero attached hydrogens (tertiary/aromatic N) is 1. The van der Waals surface area contributed by atoms with E-state index in [2.05, 4.69) is 0 Å². The SMILES string of the molecule is CC(N)c1ccc(-c2ccccc2)c([N+](=O)[O-])c1. The average Bonchev–Trinajstić information content (AvgIpc) is 2.39. The van der Waals surface area contributed by atoms with Crippen molar-refractivity contribution in [1.29, 1.82) is 0 Å². The first kappa shape index (κ1) is 12.3. The van der Waals surface area contributed by atoms with Crippen LogP contribution >= 0.6 is 0 Å². The van der Waals surface area contributed by atoms with E-state index < -0.39 is 0 Å². The highest BCUT2D eigenvalue weighted by Gasteiger charge is 2.16. The van der Waals surface area contributed by atoms with Crippen LogP contribution in [0.4, 0.5) is 5.69 Å². The summed E-state index contributed by atoms with van der Waals surface area (Å²) >= 11 is 0. The van der Waals surface area contributed by atoms with E-state index in [0.717, 1.165) is 11.1 Å². The molecule has 0 aromatic heterocycles. The summed E-state index contributed by atoms with van der Waals surface area (Å²) in [6.45, 7) is 1.81. The van der Waals surface area contributed by atoms with Crippen LogP contribution in [0, 0.1) is 10.1 Å². The summed E-state index contributed by atoms with van der Waals surface area (Å²) < 4.78 is 0. The summed E-state index contributed by atoms with van der Waals surface area (Å²) in [6, 6.07) is 14.2. The summed E-state index contributed by atoms with van der Waals surface area (Å²) in [4.78, 5) is 10.8. The number of hydrogen-bond donors (Lipinski definition) is 1. The zero-order valence-electron chi connectivity index (χ0n) is 10.0. The molecule has 0 aliphatic heterocycles. The maximum Gasteiger partial charge on any atom is 0.277 e. The van der Waals surface area contributed by atoms with Crippen molar-refractivity contribution in [3.8, 4) is 11.1 Å². The molecule has 2 aromatic carbocycles. The van der Waals surface area contributed by atoms with Crippen LogP contribution in [0.15, 0.2) is 48.5 Å². The highest BCUT2D eigenvalue weighted by Crippen LogP contribution is 2.31. The fourth-order valence-corrected chi connectivity index (χ4v) is 1.84. The van der Waals surface area contributed by atoms with E-state index in [1.807, 2.05) is 36.4 Å². The van der Waals surface area contributed by atoms with Crippen LogP contribution in [0.25, 0.3) is 11.1 Å². The molecule has 0 saturated carbocycles. The summed E-state index contributed by atoms with van der Waals surface area (Å²) in [5, 5.41) is 11.1. The normalized spacial score (nSPS) is 12.1.